The van der Waals surface area contributed by atoms with Gasteiger partial charge in [0.2, 0.25) is 10.0 Å². The summed E-state index contributed by atoms with van der Waals surface area (Å²) in [6.07, 6.45) is 4.94. The summed E-state index contributed by atoms with van der Waals surface area (Å²) in [6.45, 7) is 1.01. The van der Waals surface area contributed by atoms with Gasteiger partial charge in [-0.05, 0) is 34.8 Å². The Morgan fingerprint density at radius 1 is 1.20 bits per heavy atom. The number of carbonyl (C=O) groups is 1. The highest BCUT2D eigenvalue weighted by Gasteiger charge is 2.29. The van der Waals surface area contributed by atoms with E-state index in [1.807, 2.05) is 0 Å². The lowest BCUT2D eigenvalue weighted by atomic mass is 10.1. The Bertz CT molecular complexity index is 589. The molecule has 2 heterocycles. The van der Waals surface area contributed by atoms with Crippen molar-refractivity contribution in [2.24, 2.45) is 0 Å². The summed E-state index contributed by atoms with van der Waals surface area (Å²) in [5, 5.41) is 8.96. The Balaban J connectivity index is 2.30. The summed E-state index contributed by atoms with van der Waals surface area (Å²) < 4.78 is 27.1. The fraction of sp³-hybridized carbons (Fsp3) is 0.583. The molecule has 0 bridgehead atoms. The van der Waals surface area contributed by atoms with E-state index in [1.165, 1.54) is 10.4 Å². The Morgan fingerprint density at radius 2 is 1.75 bits per heavy atom. The van der Waals surface area contributed by atoms with Crippen LogP contribution >= 0.6 is 27.3 Å². The molecule has 1 aromatic rings. The van der Waals surface area contributed by atoms with Gasteiger partial charge in [0.05, 0.1) is 3.79 Å². The van der Waals surface area contributed by atoms with Gasteiger partial charge in [-0.25, -0.2) is 13.2 Å². The van der Waals surface area contributed by atoms with Crippen molar-refractivity contribution in [2.75, 3.05) is 13.1 Å². The van der Waals surface area contributed by atoms with Crippen LogP contribution in [0.5, 0.6) is 0 Å². The van der Waals surface area contributed by atoms with E-state index in [1.54, 1.807) is 0 Å². The van der Waals surface area contributed by atoms with Crippen molar-refractivity contribution in [1.82, 2.24) is 4.31 Å². The number of rotatable bonds is 3. The van der Waals surface area contributed by atoms with Gasteiger partial charge in [-0.15, -0.1) is 11.3 Å². The summed E-state index contributed by atoms with van der Waals surface area (Å²) in [7, 11) is -3.61. The molecule has 1 N–H and O–H groups in total. The molecule has 8 heteroatoms. The summed E-state index contributed by atoms with van der Waals surface area (Å²) in [5.41, 5.74) is 0. The smallest absolute Gasteiger partial charge is 0.345 e. The van der Waals surface area contributed by atoms with E-state index < -0.39 is 16.0 Å². The molecule has 0 amide bonds. The summed E-state index contributed by atoms with van der Waals surface area (Å²) >= 11 is 4.11. The number of thiophene rings is 1. The Kier molecular flexibility index (Phi) is 5.22. The van der Waals surface area contributed by atoms with Crippen LogP contribution in [0.2, 0.25) is 0 Å². The van der Waals surface area contributed by atoms with Gasteiger partial charge in [-0.1, -0.05) is 19.3 Å². The van der Waals surface area contributed by atoms with E-state index in [0.29, 0.717) is 16.9 Å². The minimum absolute atomic E-state index is 0.0301. The largest absolute Gasteiger partial charge is 0.477 e. The molecule has 1 aromatic heterocycles. The van der Waals surface area contributed by atoms with Gasteiger partial charge in [0.15, 0.2) is 0 Å². The topological polar surface area (TPSA) is 74.7 Å². The maximum Gasteiger partial charge on any atom is 0.345 e. The van der Waals surface area contributed by atoms with Crippen molar-refractivity contribution in [3.8, 4) is 0 Å². The average molecular weight is 382 g/mol. The lowest BCUT2D eigenvalue weighted by Gasteiger charge is -2.23. The third-order valence-electron chi connectivity index (χ3n) is 3.30. The molecular formula is C12H16BrNO4S2. The fourth-order valence-electron chi connectivity index (χ4n) is 2.23. The molecule has 0 aromatic carbocycles. The molecule has 1 aliphatic heterocycles. The highest BCUT2D eigenvalue weighted by atomic mass is 79.9. The molecule has 1 fully saturated rings. The zero-order valence-corrected chi connectivity index (χ0v) is 14.1. The van der Waals surface area contributed by atoms with E-state index >= 15 is 0 Å². The summed E-state index contributed by atoms with van der Waals surface area (Å²) in [6, 6.07) is 1.24. The van der Waals surface area contributed by atoms with Gasteiger partial charge >= 0.3 is 5.97 Å². The van der Waals surface area contributed by atoms with Crippen molar-refractivity contribution in [1.29, 1.82) is 0 Å². The number of aromatic carboxylic acids is 1. The lowest BCUT2D eigenvalue weighted by molar-refractivity contribution is 0.0702. The van der Waals surface area contributed by atoms with Gasteiger partial charge in [0, 0.05) is 13.1 Å². The Morgan fingerprint density at radius 3 is 2.25 bits per heavy atom. The van der Waals surface area contributed by atoms with Gasteiger partial charge in [-0.3, -0.25) is 0 Å². The molecule has 0 unspecified atom stereocenters. The van der Waals surface area contributed by atoms with Gasteiger partial charge in [0.25, 0.3) is 0 Å². The highest BCUT2D eigenvalue weighted by Crippen LogP contribution is 2.34. The maximum absolute atomic E-state index is 12.6. The molecular weight excluding hydrogens is 366 g/mol. The monoisotopic (exact) mass is 381 g/mol. The van der Waals surface area contributed by atoms with Crippen LogP contribution in [0.4, 0.5) is 0 Å². The van der Waals surface area contributed by atoms with Crippen LogP contribution in [-0.2, 0) is 10.0 Å². The van der Waals surface area contributed by atoms with Crippen molar-refractivity contribution in [2.45, 2.75) is 37.0 Å². The normalized spacial score (nSPS) is 18.4. The number of carboxylic acids is 1. The molecule has 2 rings (SSSR count). The van der Waals surface area contributed by atoms with Crippen molar-refractivity contribution < 1.29 is 18.3 Å². The predicted molar refractivity (Wildman–Crippen MR) is 80.8 cm³/mol. The molecule has 1 saturated heterocycles. The lowest BCUT2D eigenvalue weighted by Crippen LogP contribution is -2.33. The molecule has 1 aliphatic rings. The second-order valence-corrected chi connectivity index (χ2v) is 9.00. The molecule has 0 spiro atoms. The van der Waals surface area contributed by atoms with Gasteiger partial charge < -0.3 is 5.11 Å². The zero-order valence-electron chi connectivity index (χ0n) is 10.8. The van der Waals surface area contributed by atoms with Crippen LogP contribution in [0.3, 0.4) is 0 Å². The molecule has 112 valence electrons. The molecule has 20 heavy (non-hydrogen) atoms. The van der Waals surface area contributed by atoms with Crippen LogP contribution in [0.1, 0.15) is 41.8 Å². The third-order valence-corrected chi connectivity index (χ3v) is 7.44. The average Bonchev–Trinajstić information content (AvgIpc) is 2.71. The van der Waals surface area contributed by atoms with Crippen LogP contribution in [0, 0.1) is 0 Å². The SMILES string of the molecule is O=C(O)c1cc(S(=O)(=O)N2CCCCCCC2)c(Br)s1. The fourth-order valence-corrected chi connectivity index (χ4v) is 6.10. The van der Waals surface area contributed by atoms with Crippen molar-refractivity contribution in [3.05, 3.63) is 14.7 Å². The number of sulfonamides is 1. The summed E-state index contributed by atoms with van der Waals surface area (Å²) in [5.74, 6) is -1.11. The molecule has 0 radical (unpaired) electrons. The molecule has 0 aliphatic carbocycles. The highest BCUT2D eigenvalue weighted by molar-refractivity contribution is 9.11. The first kappa shape index (κ1) is 15.9. The first-order chi connectivity index (χ1) is 9.43. The first-order valence-electron chi connectivity index (χ1n) is 6.45. The minimum atomic E-state index is -3.61. The van der Waals surface area contributed by atoms with E-state index in [4.69, 9.17) is 5.11 Å². The molecule has 0 saturated carbocycles. The number of nitrogens with zero attached hydrogens (tertiary/aromatic N) is 1. The standard InChI is InChI=1S/C12H16BrNO4S2/c13-11-10(8-9(19-11)12(15)16)20(17,18)14-6-4-2-1-3-5-7-14/h8H,1-7H2,(H,15,16). The van der Waals surface area contributed by atoms with Gasteiger partial charge in [0.1, 0.15) is 9.77 Å². The minimum Gasteiger partial charge on any atom is -0.477 e. The zero-order chi connectivity index (χ0) is 14.8. The van der Waals surface area contributed by atoms with E-state index in [-0.39, 0.29) is 9.77 Å². The number of hydrogen-bond acceptors (Lipinski definition) is 4. The van der Waals surface area contributed by atoms with Crippen molar-refractivity contribution >= 4 is 43.3 Å². The summed E-state index contributed by atoms with van der Waals surface area (Å²) in [4.78, 5) is 11.1. The number of carboxylic acid groups (broad SMARTS) is 1. The van der Waals surface area contributed by atoms with E-state index in [2.05, 4.69) is 15.9 Å². The predicted octanol–water partition coefficient (Wildman–Crippen LogP) is 3.16. The van der Waals surface area contributed by atoms with Crippen LogP contribution < -0.4 is 0 Å². The Hall–Kier alpha value is -0.440. The molecule has 5 nitrogen and oxygen atoms in total. The third kappa shape index (κ3) is 3.41. The van der Waals surface area contributed by atoms with Crippen LogP contribution in [0.15, 0.2) is 14.7 Å². The maximum atomic E-state index is 12.6. The van der Waals surface area contributed by atoms with Crippen molar-refractivity contribution in [3.63, 3.8) is 0 Å². The van der Waals surface area contributed by atoms with Crippen LogP contribution in [0.25, 0.3) is 0 Å². The molecule has 0 atom stereocenters. The first-order valence-corrected chi connectivity index (χ1v) is 9.50. The van der Waals surface area contributed by atoms with E-state index in [9.17, 15) is 13.2 Å². The second-order valence-electron chi connectivity index (χ2n) is 4.73. The quantitative estimate of drug-likeness (QED) is 0.872. The Labute approximate surface area is 130 Å². The van der Waals surface area contributed by atoms with Crippen LogP contribution in [-0.4, -0.2) is 36.9 Å². The number of hydrogen-bond donors (Lipinski definition) is 1. The van der Waals surface area contributed by atoms with E-state index in [0.717, 1.165) is 43.4 Å². The van der Waals surface area contributed by atoms with Gasteiger partial charge in [-0.2, -0.15) is 4.31 Å². The second kappa shape index (κ2) is 6.55. The number of halogens is 1.